The Hall–Kier alpha value is -2.25. The fraction of sp³-hybridized carbons (Fsp3) is 0.357. The third kappa shape index (κ3) is 2.65. The van der Waals surface area contributed by atoms with Crippen LogP contribution in [0.25, 0.3) is 0 Å². The molecule has 2 unspecified atom stereocenters. The number of carbonyl (C=O) groups excluding carboxylic acids is 3. The summed E-state index contributed by atoms with van der Waals surface area (Å²) in [7, 11) is 1.17. The first-order valence-corrected chi connectivity index (χ1v) is 6.29. The maximum atomic E-state index is 11.9. The van der Waals surface area contributed by atoms with Crippen LogP contribution in [0.1, 0.15) is 34.0 Å². The number of fused-ring (bicyclic) bond motifs is 1. The molecule has 1 aliphatic heterocycles. The standard InChI is InChI=1S/C14H15NO6/c1-6-3-4-7-11(13(19)14(20)15-7)10(6)12(18)8(16)5-9(17)21-2/h3-4,8,12,16,18H,5H2,1-2H3,(H,15,19,20). The van der Waals surface area contributed by atoms with Crippen molar-refractivity contribution in [2.45, 2.75) is 25.6 Å². The van der Waals surface area contributed by atoms with Gasteiger partial charge in [-0.3, -0.25) is 14.4 Å². The second-order valence-corrected chi connectivity index (χ2v) is 4.79. The van der Waals surface area contributed by atoms with Gasteiger partial charge in [0, 0.05) is 0 Å². The lowest BCUT2D eigenvalue weighted by molar-refractivity contribution is -0.144. The fourth-order valence-corrected chi connectivity index (χ4v) is 2.30. The summed E-state index contributed by atoms with van der Waals surface area (Å²) in [5.41, 5.74) is 1.01. The smallest absolute Gasteiger partial charge is 0.308 e. The van der Waals surface area contributed by atoms with Gasteiger partial charge in [-0.05, 0) is 24.1 Å². The van der Waals surface area contributed by atoms with Crippen molar-refractivity contribution in [1.82, 2.24) is 0 Å². The molecule has 0 radical (unpaired) electrons. The van der Waals surface area contributed by atoms with Crippen LogP contribution in [0, 0.1) is 6.92 Å². The van der Waals surface area contributed by atoms with E-state index in [0.29, 0.717) is 5.56 Å². The molecule has 1 aliphatic rings. The van der Waals surface area contributed by atoms with E-state index in [1.54, 1.807) is 19.1 Å². The number of anilines is 1. The number of methoxy groups -OCH3 is 1. The van der Waals surface area contributed by atoms with Crippen LogP contribution in [0.15, 0.2) is 12.1 Å². The third-order valence-corrected chi connectivity index (χ3v) is 3.41. The summed E-state index contributed by atoms with van der Waals surface area (Å²) in [5, 5.41) is 22.5. The van der Waals surface area contributed by atoms with Gasteiger partial charge in [0.15, 0.2) is 0 Å². The van der Waals surface area contributed by atoms with E-state index in [2.05, 4.69) is 10.1 Å². The van der Waals surface area contributed by atoms with E-state index in [9.17, 15) is 24.6 Å². The predicted molar refractivity (Wildman–Crippen MR) is 71.7 cm³/mol. The zero-order valence-electron chi connectivity index (χ0n) is 11.5. The first-order chi connectivity index (χ1) is 9.86. The molecule has 3 N–H and O–H groups in total. The lowest BCUT2D eigenvalue weighted by Gasteiger charge is -2.21. The van der Waals surface area contributed by atoms with Crippen molar-refractivity contribution >= 4 is 23.3 Å². The number of aliphatic hydroxyl groups is 2. The van der Waals surface area contributed by atoms with Gasteiger partial charge in [-0.15, -0.1) is 0 Å². The zero-order chi connectivity index (χ0) is 15.7. The second kappa shape index (κ2) is 5.63. The molecular formula is C14H15NO6. The number of carbonyl (C=O) groups is 3. The highest BCUT2D eigenvalue weighted by Gasteiger charge is 2.35. The Balaban J connectivity index is 2.41. The summed E-state index contributed by atoms with van der Waals surface area (Å²) in [5.74, 6) is -2.24. The molecule has 7 heteroatoms. The number of amides is 1. The van der Waals surface area contributed by atoms with Gasteiger partial charge in [0.25, 0.3) is 11.7 Å². The number of aliphatic hydroxyl groups excluding tert-OH is 2. The molecule has 0 spiro atoms. The number of esters is 1. The molecule has 2 atom stereocenters. The van der Waals surface area contributed by atoms with Crippen LogP contribution < -0.4 is 5.32 Å². The van der Waals surface area contributed by atoms with Crippen LogP contribution in [0.3, 0.4) is 0 Å². The number of rotatable bonds is 4. The Morgan fingerprint density at radius 2 is 2.00 bits per heavy atom. The molecule has 1 amide bonds. The molecular weight excluding hydrogens is 278 g/mol. The number of ketones is 1. The summed E-state index contributed by atoms with van der Waals surface area (Å²) >= 11 is 0. The number of ether oxygens (including phenoxy) is 1. The fourth-order valence-electron chi connectivity index (χ4n) is 2.30. The number of benzene rings is 1. The minimum Gasteiger partial charge on any atom is -0.469 e. The Morgan fingerprint density at radius 3 is 2.62 bits per heavy atom. The lowest BCUT2D eigenvalue weighted by atomic mass is 9.91. The summed E-state index contributed by atoms with van der Waals surface area (Å²) < 4.78 is 4.42. The minimum absolute atomic E-state index is 0.0383. The van der Waals surface area contributed by atoms with E-state index in [0.717, 1.165) is 0 Å². The summed E-state index contributed by atoms with van der Waals surface area (Å²) in [4.78, 5) is 34.5. The molecule has 0 saturated carbocycles. The molecule has 0 saturated heterocycles. The molecule has 0 aromatic heterocycles. The number of hydrogen-bond donors (Lipinski definition) is 3. The van der Waals surface area contributed by atoms with Crippen LogP contribution in [-0.4, -0.2) is 41.1 Å². The van der Waals surface area contributed by atoms with Gasteiger partial charge in [0.2, 0.25) is 0 Å². The average molecular weight is 293 g/mol. The minimum atomic E-state index is -1.48. The highest BCUT2D eigenvalue weighted by atomic mass is 16.5. The number of aryl methyl sites for hydroxylation is 1. The quantitative estimate of drug-likeness (QED) is 0.535. The van der Waals surface area contributed by atoms with Gasteiger partial charge < -0.3 is 20.3 Å². The molecule has 0 bridgehead atoms. The zero-order valence-corrected chi connectivity index (χ0v) is 11.5. The average Bonchev–Trinajstić information content (AvgIpc) is 2.74. The van der Waals surface area contributed by atoms with Gasteiger partial charge in [0.05, 0.1) is 30.9 Å². The second-order valence-electron chi connectivity index (χ2n) is 4.79. The predicted octanol–water partition coefficient (Wildman–Crippen LogP) is 0.0872. The Morgan fingerprint density at radius 1 is 1.33 bits per heavy atom. The van der Waals surface area contributed by atoms with Crippen LogP contribution in [0.4, 0.5) is 5.69 Å². The van der Waals surface area contributed by atoms with Crippen LogP contribution in [0.2, 0.25) is 0 Å². The molecule has 2 rings (SSSR count). The molecule has 1 heterocycles. The van der Waals surface area contributed by atoms with E-state index in [1.807, 2.05) is 0 Å². The topological polar surface area (TPSA) is 113 Å². The van der Waals surface area contributed by atoms with Gasteiger partial charge in [-0.25, -0.2) is 0 Å². The Bertz CT molecular complexity index is 624. The molecule has 7 nitrogen and oxygen atoms in total. The molecule has 112 valence electrons. The SMILES string of the molecule is COC(=O)CC(O)C(O)c1c(C)ccc2c1C(=O)C(=O)N2. The van der Waals surface area contributed by atoms with Crippen molar-refractivity contribution in [2.75, 3.05) is 12.4 Å². The van der Waals surface area contributed by atoms with Crippen molar-refractivity contribution in [1.29, 1.82) is 0 Å². The first-order valence-electron chi connectivity index (χ1n) is 6.29. The largest absolute Gasteiger partial charge is 0.469 e. The Labute approximate surface area is 120 Å². The molecule has 0 fully saturated rings. The van der Waals surface area contributed by atoms with Crippen LogP contribution in [0.5, 0.6) is 0 Å². The molecule has 21 heavy (non-hydrogen) atoms. The molecule has 0 aliphatic carbocycles. The van der Waals surface area contributed by atoms with Crippen molar-refractivity contribution in [3.8, 4) is 0 Å². The van der Waals surface area contributed by atoms with E-state index in [1.165, 1.54) is 7.11 Å². The normalized spacial score (nSPS) is 16.2. The van der Waals surface area contributed by atoms with E-state index < -0.39 is 36.3 Å². The van der Waals surface area contributed by atoms with Crippen LogP contribution in [-0.2, 0) is 14.3 Å². The van der Waals surface area contributed by atoms with Gasteiger partial charge >= 0.3 is 5.97 Å². The number of nitrogens with one attached hydrogen (secondary N) is 1. The Kier molecular flexibility index (Phi) is 4.06. The maximum absolute atomic E-state index is 11.9. The highest BCUT2D eigenvalue weighted by molar-refractivity contribution is 6.52. The highest BCUT2D eigenvalue weighted by Crippen LogP contribution is 2.34. The summed E-state index contributed by atoms with van der Waals surface area (Å²) in [6.45, 7) is 1.64. The van der Waals surface area contributed by atoms with Crippen molar-refractivity contribution in [3.05, 3.63) is 28.8 Å². The lowest BCUT2D eigenvalue weighted by Crippen LogP contribution is -2.25. The molecule has 1 aromatic rings. The maximum Gasteiger partial charge on any atom is 0.308 e. The van der Waals surface area contributed by atoms with Crippen LogP contribution >= 0.6 is 0 Å². The van der Waals surface area contributed by atoms with Crippen molar-refractivity contribution in [2.24, 2.45) is 0 Å². The summed E-state index contributed by atoms with van der Waals surface area (Å²) in [6, 6.07) is 3.16. The van der Waals surface area contributed by atoms with Gasteiger partial charge in [-0.1, -0.05) is 6.07 Å². The third-order valence-electron chi connectivity index (χ3n) is 3.41. The van der Waals surface area contributed by atoms with E-state index in [4.69, 9.17) is 0 Å². The monoisotopic (exact) mass is 293 g/mol. The van der Waals surface area contributed by atoms with Gasteiger partial charge in [-0.2, -0.15) is 0 Å². The number of hydrogen-bond acceptors (Lipinski definition) is 6. The van der Waals surface area contributed by atoms with Crippen molar-refractivity contribution < 1.29 is 29.3 Å². The number of Topliss-reactive ketones (excluding diaryl/α,β-unsaturated/α-hetero) is 1. The summed E-state index contributed by atoms with van der Waals surface area (Å²) in [6.07, 6.45) is -3.34. The first kappa shape index (κ1) is 15.1. The van der Waals surface area contributed by atoms with Crippen molar-refractivity contribution in [3.63, 3.8) is 0 Å². The molecule has 1 aromatic carbocycles. The van der Waals surface area contributed by atoms with E-state index >= 15 is 0 Å². The van der Waals surface area contributed by atoms with E-state index in [-0.39, 0.29) is 16.8 Å². The van der Waals surface area contributed by atoms with Gasteiger partial charge in [0.1, 0.15) is 6.10 Å².